The number of methoxy groups -OCH3 is 1. The maximum Gasteiger partial charge on any atom is 0.242 e. The van der Waals surface area contributed by atoms with E-state index >= 15 is 0 Å². The standard InChI is InChI=1S/C31H44FN3O3/c1-38-21-20-34(30(36)18-15-25-8-5-6-9-25)24-31(37)35(28-10-3-2-4-11-28)23-29-12-7-19-33(29)22-26-13-16-27(32)17-14-26/h7,12-14,16-17,19,25,28H,2-6,8-11,15,18,20-24H2,1H3. The third kappa shape index (κ3) is 8.16. The topological polar surface area (TPSA) is 54.8 Å². The van der Waals surface area contributed by atoms with Gasteiger partial charge in [-0.05, 0) is 55.0 Å². The number of carbonyl (C=O) groups excluding carboxylic acids is 2. The van der Waals surface area contributed by atoms with Crippen LogP contribution in [-0.4, -0.2) is 59.0 Å². The Hall–Kier alpha value is -2.67. The van der Waals surface area contributed by atoms with Crippen LogP contribution in [0.4, 0.5) is 4.39 Å². The van der Waals surface area contributed by atoms with Crippen molar-refractivity contribution in [3.05, 3.63) is 59.7 Å². The van der Waals surface area contributed by atoms with Crippen LogP contribution in [0.15, 0.2) is 42.6 Å². The zero-order valence-electron chi connectivity index (χ0n) is 23.0. The lowest BCUT2D eigenvalue weighted by atomic mass is 9.94. The lowest BCUT2D eigenvalue weighted by molar-refractivity contribution is -0.143. The van der Waals surface area contributed by atoms with Crippen molar-refractivity contribution >= 4 is 11.8 Å². The second-order valence-electron chi connectivity index (χ2n) is 11.1. The van der Waals surface area contributed by atoms with Gasteiger partial charge in [-0.2, -0.15) is 0 Å². The number of hydrogen-bond acceptors (Lipinski definition) is 3. The summed E-state index contributed by atoms with van der Waals surface area (Å²) in [7, 11) is 1.63. The number of aromatic nitrogens is 1. The molecule has 1 aromatic carbocycles. The molecule has 0 unspecified atom stereocenters. The number of halogens is 1. The summed E-state index contributed by atoms with van der Waals surface area (Å²) < 4.78 is 20.8. The monoisotopic (exact) mass is 525 g/mol. The van der Waals surface area contributed by atoms with Crippen LogP contribution < -0.4 is 0 Å². The molecule has 0 aliphatic heterocycles. The van der Waals surface area contributed by atoms with Crippen molar-refractivity contribution in [3.63, 3.8) is 0 Å². The Morgan fingerprint density at radius 1 is 0.974 bits per heavy atom. The molecule has 0 spiro atoms. The van der Waals surface area contributed by atoms with E-state index in [2.05, 4.69) is 10.6 Å². The van der Waals surface area contributed by atoms with Gasteiger partial charge in [-0.1, -0.05) is 57.1 Å². The molecule has 2 fully saturated rings. The smallest absolute Gasteiger partial charge is 0.242 e. The predicted molar refractivity (Wildman–Crippen MR) is 147 cm³/mol. The van der Waals surface area contributed by atoms with Crippen molar-refractivity contribution in [1.29, 1.82) is 0 Å². The van der Waals surface area contributed by atoms with E-state index in [0.29, 0.717) is 38.6 Å². The van der Waals surface area contributed by atoms with Crippen molar-refractivity contribution in [2.45, 2.75) is 89.8 Å². The molecule has 2 amide bonds. The number of carbonyl (C=O) groups is 2. The summed E-state index contributed by atoms with van der Waals surface area (Å²) in [6.07, 6.45) is 13.9. The minimum absolute atomic E-state index is 0.0109. The minimum Gasteiger partial charge on any atom is -0.383 e. The molecule has 2 aromatic rings. The predicted octanol–water partition coefficient (Wildman–Crippen LogP) is 5.78. The Morgan fingerprint density at radius 2 is 1.68 bits per heavy atom. The van der Waals surface area contributed by atoms with E-state index in [1.807, 2.05) is 17.2 Å². The van der Waals surface area contributed by atoms with Crippen LogP contribution in [0.3, 0.4) is 0 Å². The molecule has 7 heteroatoms. The summed E-state index contributed by atoms with van der Waals surface area (Å²) in [5.41, 5.74) is 2.06. The second-order valence-corrected chi connectivity index (χ2v) is 11.1. The van der Waals surface area contributed by atoms with Crippen molar-refractivity contribution in [1.82, 2.24) is 14.4 Å². The number of amides is 2. The zero-order chi connectivity index (χ0) is 26.7. The van der Waals surface area contributed by atoms with E-state index in [4.69, 9.17) is 4.74 Å². The highest BCUT2D eigenvalue weighted by Gasteiger charge is 2.29. The summed E-state index contributed by atoms with van der Waals surface area (Å²) in [6, 6.07) is 10.8. The lowest BCUT2D eigenvalue weighted by Crippen LogP contribution is -2.48. The maximum absolute atomic E-state index is 13.9. The van der Waals surface area contributed by atoms with Crippen LogP contribution in [0.2, 0.25) is 0 Å². The Balaban J connectivity index is 1.45. The summed E-state index contributed by atoms with van der Waals surface area (Å²) in [5, 5.41) is 0. The molecule has 2 aliphatic carbocycles. The van der Waals surface area contributed by atoms with E-state index in [-0.39, 0.29) is 30.2 Å². The summed E-state index contributed by atoms with van der Waals surface area (Å²) in [5.74, 6) is 0.472. The molecule has 6 nitrogen and oxygen atoms in total. The fraction of sp³-hybridized carbons (Fsp3) is 0.613. The summed E-state index contributed by atoms with van der Waals surface area (Å²) in [4.78, 5) is 30.8. The molecule has 0 N–H and O–H groups in total. The molecular weight excluding hydrogens is 481 g/mol. The average molecular weight is 526 g/mol. The number of nitrogens with zero attached hydrogens (tertiary/aromatic N) is 3. The van der Waals surface area contributed by atoms with Crippen molar-refractivity contribution < 1.29 is 18.7 Å². The molecule has 0 saturated heterocycles. The summed E-state index contributed by atoms with van der Waals surface area (Å²) in [6.45, 7) is 2.08. The summed E-state index contributed by atoms with van der Waals surface area (Å²) >= 11 is 0. The van der Waals surface area contributed by atoms with E-state index < -0.39 is 0 Å². The highest BCUT2D eigenvalue weighted by molar-refractivity contribution is 5.85. The number of rotatable bonds is 13. The molecule has 4 rings (SSSR count). The zero-order valence-corrected chi connectivity index (χ0v) is 23.0. The highest BCUT2D eigenvalue weighted by atomic mass is 19.1. The molecule has 0 atom stereocenters. The van der Waals surface area contributed by atoms with Crippen molar-refractivity contribution in [3.8, 4) is 0 Å². The fourth-order valence-corrected chi connectivity index (χ4v) is 6.05. The SMILES string of the molecule is COCCN(CC(=O)N(Cc1cccn1Cc1ccc(F)cc1)C1CCCCC1)C(=O)CCC1CCCC1. The van der Waals surface area contributed by atoms with Crippen LogP contribution in [0.25, 0.3) is 0 Å². The van der Waals surface area contributed by atoms with Crippen molar-refractivity contribution in [2.75, 3.05) is 26.8 Å². The van der Waals surface area contributed by atoms with E-state index in [1.165, 1.54) is 44.2 Å². The van der Waals surface area contributed by atoms with Gasteiger partial charge in [0.1, 0.15) is 5.82 Å². The molecule has 0 bridgehead atoms. The van der Waals surface area contributed by atoms with Gasteiger partial charge >= 0.3 is 0 Å². The Kier molecular flexibility index (Phi) is 10.8. The molecule has 2 saturated carbocycles. The maximum atomic E-state index is 13.9. The first-order valence-electron chi connectivity index (χ1n) is 14.5. The minimum atomic E-state index is -0.244. The molecular formula is C31H44FN3O3. The van der Waals surface area contributed by atoms with Gasteiger partial charge in [-0.25, -0.2) is 4.39 Å². The van der Waals surface area contributed by atoms with Crippen LogP contribution in [-0.2, 0) is 27.4 Å². The van der Waals surface area contributed by atoms with Crippen LogP contribution >= 0.6 is 0 Å². The second kappa shape index (κ2) is 14.5. The third-order valence-corrected chi connectivity index (χ3v) is 8.34. The Bertz CT molecular complexity index is 1010. The largest absolute Gasteiger partial charge is 0.383 e. The Labute approximate surface area is 227 Å². The van der Waals surface area contributed by atoms with Crippen LogP contribution in [0.5, 0.6) is 0 Å². The van der Waals surface area contributed by atoms with Gasteiger partial charge in [0, 0.05) is 44.6 Å². The number of benzene rings is 1. The van der Waals surface area contributed by atoms with Crippen molar-refractivity contribution in [2.24, 2.45) is 5.92 Å². The molecule has 0 radical (unpaired) electrons. The van der Waals surface area contributed by atoms with Gasteiger partial charge < -0.3 is 19.1 Å². The molecule has 208 valence electrons. The average Bonchev–Trinajstić information content (AvgIpc) is 3.62. The third-order valence-electron chi connectivity index (χ3n) is 8.34. The van der Waals surface area contributed by atoms with E-state index in [0.717, 1.165) is 43.4 Å². The quantitative estimate of drug-likeness (QED) is 0.333. The van der Waals surface area contributed by atoms with Gasteiger partial charge in [-0.15, -0.1) is 0 Å². The van der Waals surface area contributed by atoms with Gasteiger partial charge in [0.2, 0.25) is 11.8 Å². The van der Waals surface area contributed by atoms with Gasteiger partial charge in [0.25, 0.3) is 0 Å². The molecule has 38 heavy (non-hydrogen) atoms. The lowest BCUT2D eigenvalue weighted by Gasteiger charge is -2.36. The normalized spacial score (nSPS) is 16.6. The number of ether oxygens (including phenoxy) is 1. The molecule has 2 aliphatic rings. The first-order chi connectivity index (χ1) is 18.5. The van der Waals surface area contributed by atoms with Crippen LogP contribution in [0.1, 0.15) is 81.9 Å². The van der Waals surface area contributed by atoms with Gasteiger partial charge in [0.15, 0.2) is 0 Å². The van der Waals surface area contributed by atoms with Gasteiger partial charge in [-0.3, -0.25) is 9.59 Å². The van der Waals surface area contributed by atoms with Gasteiger partial charge in [0.05, 0.1) is 19.7 Å². The fourth-order valence-electron chi connectivity index (χ4n) is 6.05. The molecule has 1 heterocycles. The Morgan fingerprint density at radius 3 is 2.39 bits per heavy atom. The molecule has 1 aromatic heterocycles. The van der Waals surface area contributed by atoms with E-state index in [1.54, 1.807) is 24.1 Å². The first-order valence-corrected chi connectivity index (χ1v) is 14.5. The van der Waals surface area contributed by atoms with Crippen LogP contribution in [0, 0.1) is 11.7 Å². The van der Waals surface area contributed by atoms with E-state index in [9.17, 15) is 14.0 Å². The number of hydrogen-bond donors (Lipinski definition) is 0. The first kappa shape index (κ1) is 28.3. The highest BCUT2D eigenvalue weighted by Crippen LogP contribution is 2.29.